The summed E-state index contributed by atoms with van der Waals surface area (Å²) in [7, 11) is 0. The summed E-state index contributed by atoms with van der Waals surface area (Å²) in [6.45, 7) is 1.48. The van der Waals surface area contributed by atoms with Gasteiger partial charge in [0.15, 0.2) is 0 Å². The van der Waals surface area contributed by atoms with Crippen LogP contribution < -0.4 is 5.73 Å². The Morgan fingerprint density at radius 3 is 2.44 bits per heavy atom. The molecule has 1 aliphatic heterocycles. The van der Waals surface area contributed by atoms with Crippen molar-refractivity contribution in [2.75, 3.05) is 13.1 Å². The van der Waals surface area contributed by atoms with Gasteiger partial charge in [0.25, 0.3) is 0 Å². The first kappa shape index (κ1) is 21.9. The lowest BCUT2D eigenvalue weighted by Crippen LogP contribution is -2.37. The number of piperidine rings is 1. The number of ether oxygens (including phenoxy) is 1. The first-order valence-electron chi connectivity index (χ1n) is 11.6. The molecule has 0 saturated carbocycles. The maximum Gasteiger partial charge on any atom is 0.410 e. The molecule has 0 spiro atoms. The highest BCUT2D eigenvalue weighted by molar-refractivity contribution is 5.94. The van der Waals surface area contributed by atoms with Gasteiger partial charge in [-0.05, 0) is 66.1 Å². The molecule has 1 aromatic heterocycles. The summed E-state index contributed by atoms with van der Waals surface area (Å²) in [6, 6.07) is 19.5. The second-order valence-corrected chi connectivity index (χ2v) is 8.75. The maximum absolute atomic E-state index is 12.6. The van der Waals surface area contributed by atoms with Gasteiger partial charge in [0.1, 0.15) is 6.61 Å². The minimum atomic E-state index is -0.417. The van der Waals surface area contributed by atoms with Crippen LogP contribution in [-0.4, -0.2) is 35.0 Å². The number of fused-ring (bicyclic) bond motifs is 2. The number of primary amides is 1. The van der Waals surface area contributed by atoms with Gasteiger partial charge in [-0.3, -0.25) is 9.78 Å². The van der Waals surface area contributed by atoms with E-state index in [2.05, 4.69) is 6.07 Å². The fourth-order valence-electron chi connectivity index (χ4n) is 4.84. The molecule has 1 aliphatic carbocycles. The van der Waals surface area contributed by atoms with Crippen molar-refractivity contribution in [2.24, 2.45) is 5.73 Å². The number of aryl methyl sites for hydroxylation is 2. The van der Waals surface area contributed by atoms with Crippen molar-refractivity contribution >= 4 is 17.6 Å². The zero-order chi connectivity index (χ0) is 23.5. The van der Waals surface area contributed by atoms with E-state index in [0.717, 1.165) is 53.6 Å². The van der Waals surface area contributed by atoms with Crippen molar-refractivity contribution in [1.29, 1.82) is 0 Å². The van der Waals surface area contributed by atoms with Gasteiger partial charge >= 0.3 is 6.09 Å². The van der Waals surface area contributed by atoms with Crippen LogP contribution in [0.5, 0.6) is 0 Å². The molecule has 1 fully saturated rings. The summed E-state index contributed by atoms with van der Waals surface area (Å²) in [5.74, 6) is -0.417. The molecular weight excluding hydrogens is 426 g/mol. The summed E-state index contributed by atoms with van der Waals surface area (Å²) < 4.78 is 5.53. The molecule has 2 aliphatic rings. The third kappa shape index (κ3) is 4.44. The number of nitrogens with two attached hydrogens (primary N) is 1. The van der Waals surface area contributed by atoms with E-state index in [1.54, 1.807) is 11.0 Å². The van der Waals surface area contributed by atoms with Crippen LogP contribution in [0, 0.1) is 0 Å². The molecule has 0 bridgehead atoms. The Kier molecular flexibility index (Phi) is 6.12. The van der Waals surface area contributed by atoms with Crippen LogP contribution in [0.3, 0.4) is 0 Å². The fourth-order valence-corrected chi connectivity index (χ4v) is 4.84. The lowest BCUT2D eigenvalue weighted by Gasteiger charge is -2.29. The van der Waals surface area contributed by atoms with Gasteiger partial charge in [0, 0.05) is 30.4 Å². The zero-order valence-corrected chi connectivity index (χ0v) is 19.0. The Balaban J connectivity index is 1.40. The number of hydrogen-bond acceptors (Lipinski definition) is 4. The maximum atomic E-state index is 12.6. The van der Waals surface area contributed by atoms with E-state index in [4.69, 9.17) is 15.5 Å². The lowest BCUT2D eigenvalue weighted by molar-refractivity contribution is 0.0935. The number of benzene rings is 2. The number of hydrogen-bond donors (Lipinski definition) is 1. The fraction of sp³-hybridized carbons (Fsp3) is 0.250. The van der Waals surface area contributed by atoms with Gasteiger partial charge in [0.2, 0.25) is 5.91 Å². The topological polar surface area (TPSA) is 85.5 Å². The molecule has 5 rings (SSSR count). The molecule has 2 aromatic carbocycles. The van der Waals surface area contributed by atoms with Crippen LogP contribution >= 0.6 is 0 Å². The van der Waals surface area contributed by atoms with Crippen molar-refractivity contribution < 1.29 is 14.3 Å². The molecule has 34 heavy (non-hydrogen) atoms. The third-order valence-electron chi connectivity index (χ3n) is 6.63. The van der Waals surface area contributed by atoms with E-state index in [9.17, 15) is 9.59 Å². The van der Waals surface area contributed by atoms with E-state index < -0.39 is 5.91 Å². The van der Waals surface area contributed by atoms with Gasteiger partial charge in [0.05, 0.1) is 5.69 Å². The third-order valence-corrected chi connectivity index (χ3v) is 6.63. The predicted molar refractivity (Wildman–Crippen MR) is 130 cm³/mol. The number of aromatic nitrogens is 1. The largest absolute Gasteiger partial charge is 0.445 e. The quantitative estimate of drug-likeness (QED) is 0.632. The van der Waals surface area contributed by atoms with Crippen LogP contribution in [0.15, 0.2) is 72.4 Å². The second kappa shape index (κ2) is 9.51. The first-order chi connectivity index (χ1) is 16.6. The number of amides is 2. The van der Waals surface area contributed by atoms with E-state index >= 15 is 0 Å². The molecule has 0 atom stereocenters. The number of pyridine rings is 1. The molecule has 6 heteroatoms. The van der Waals surface area contributed by atoms with Crippen LogP contribution in [-0.2, 0) is 24.2 Å². The Hall–Kier alpha value is -3.93. The summed E-state index contributed by atoms with van der Waals surface area (Å²) in [5.41, 5.74) is 13.9. The van der Waals surface area contributed by atoms with Crippen molar-refractivity contribution in [3.05, 3.63) is 106 Å². The summed E-state index contributed by atoms with van der Waals surface area (Å²) in [6.07, 6.45) is 4.74. The van der Waals surface area contributed by atoms with Crippen LogP contribution in [0.25, 0.3) is 5.57 Å². The van der Waals surface area contributed by atoms with Crippen molar-refractivity contribution in [1.82, 2.24) is 9.88 Å². The zero-order valence-electron chi connectivity index (χ0n) is 19.0. The van der Waals surface area contributed by atoms with Crippen LogP contribution in [0.4, 0.5) is 4.79 Å². The highest BCUT2D eigenvalue weighted by Gasteiger charge is 2.27. The van der Waals surface area contributed by atoms with E-state index in [1.165, 1.54) is 11.1 Å². The molecule has 1 saturated heterocycles. The van der Waals surface area contributed by atoms with Crippen molar-refractivity contribution in [3.8, 4) is 0 Å². The average molecular weight is 454 g/mol. The summed E-state index contributed by atoms with van der Waals surface area (Å²) in [5, 5.41) is 0. The molecule has 2 heterocycles. The standard InChI is InChI=1S/C28H27N3O3/c29-27(32)23-10-11-24-22(17-23)9-8-21-7-4-14-30-26(21)25(24)20-12-15-31(16-13-20)28(33)34-18-19-5-2-1-3-6-19/h1-7,10-11,14,17H,8-9,12-13,15-16,18H2,(H2,29,32). The van der Waals surface area contributed by atoms with Gasteiger partial charge < -0.3 is 15.4 Å². The highest BCUT2D eigenvalue weighted by atomic mass is 16.6. The molecular formula is C28H27N3O3. The molecule has 2 amide bonds. The number of carbonyl (C=O) groups excluding carboxylic acids is 2. The summed E-state index contributed by atoms with van der Waals surface area (Å²) in [4.78, 5) is 30.9. The molecule has 3 aromatic rings. The SMILES string of the molecule is NC(=O)c1ccc2c(c1)CCc1cccnc1C2=C1CCN(C(=O)OCc2ccccc2)CC1. The summed E-state index contributed by atoms with van der Waals surface area (Å²) >= 11 is 0. The Bertz CT molecular complexity index is 1260. The molecule has 2 N–H and O–H groups in total. The first-order valence-corrected chi connectivity index (χ1v) is 11.6. The number of rotatable bonds is 3. The average Bonchev–Trinajstić information content (AvgIpc) is 3.04. The van der Waals surface area contributed by atoms with Gasteiger partial charge in [-0.2, -0.15) is 0 Å². The minimum absolute atomic E-state index is 0.275. The van der Waals surface area contributed by atoms with E-state index in [0.29, 0.717) is 18.7 Å². The predicted octanol–water partition coefficient (Wildman–Crippen LogP) is 4.51. The van der Waals surface area contributed by atoms with E-state index in [-0.39, 0.29) is 12.7 Å². The number of nitrogens with zero attached hydrogens (tertiary/aromatic N) is 2. The normalized spacial score (nSPS) is 15.2. The van der Waals surface area contributed by atoms with Gasteiger partial charge in [-0.15, -0.1) is 0 Å². The lowest BCUT2D eigenvalue weighted by atomic mass is 9.88. The number of carbonyl (C=O) groups is 2. The monoisotopic (exact) mass is 453 g/mol. The Morgan fingerprint density at radius 1 is 0.912 bits per heavy atom. The smallest absolute Gasteiger partial charge is 0.410 e. The molecule has 0 unspecified atom stereocenters. The van der Waals surface area contributed by atoms with Gasteiger partial charge in [-0.1, -0.05) is 48.0 Å². The molecule has 172 valence electrons. The number of likely N-dealkylation sites (tertiary alicyclic amines) is 1. The van der Waals surface area contributed by atoms with Gasteiger partial charge in [-0.25, -0.2) is 4.79 Å². The van der Waals surface area contributed by atoms with E-state index in [1.807, 2.05) is 54.7 Å². The molecule has 6 nitrogen and oxygen atoms in total. The highest BCUT2D eigenvalue weighted by Crippen LogP contribution is 2.38. The van der Waals surface area contributed by atoms with Crippen LogP contribution in [0.1, 0.15) is 51.1 Å². The molecule has 0 radical (unpaired) electrons. The van der Waals surface area contributed by atoms with Crippen molar-refractivity contribution in [3.63, 3.8) is 0 Å². The van der Waals surface area contributed by atoms with Crippen LogP contribution in [0.2, 0.25) is 0 Å². The minimum Gasteiger partial charge on any atom is -0.445 e. The Morgan fingerprint density at radius 2 is 1.68 bits per heavy atom. The second-order valence-electron chi connectivity index (χ2n) is 8.75. The van der Waals surface area contributed by atoms with Crippen molar-refractivity contribution in [2.45, 2.75) is 32.3 Å². The Labute approximate surface area is 199 Å².